The van der Waals surface area contributed by atoms with E-state index >= 15 is 0 Å². The highest BCUT2D eigenvalue weighted by Gasteiger charge is 2.16. The van der Waals surface area contributed by atoms with E-state index in [0.717, 1.165) is 13.1 Å². The van der Waals surface area contributed by atoms with E-state index < -0.39 is 0 Å². The van der Waals surface area contributed by atoms with Crippen molar-refractivity contribution in [1.29, 1.82) is 0 Å². The van der Waals surface area contributed by atoms with Gasteiger partial charge in [-0.1, -0.05) is 0 Å². The van der Waals surface area contributed by atoms with Crippen molar-refractivity contribution in [1.82, 2.24) is 4.90 Å². The van der Waals surface area contributed by atoms with Gasteiger partial charge in [0.25, 0.3) is 0 Å². The van der Waals surface area contributed by atoms with Crippen LogP contribution in [0.5, 0.6) is 0 Å². The summed E-state index contributed by atoms with van der Waals surface area (Å²) in [6, 6.07) is 0. The van der Waals surface area contributed by atoms with Gasteiger partial charge in [0.2, 0.25) is 0 Å². The van der Waals surface area contributed by atoms with Crippen LogP contribution in [0.2, 0.25) is 0 Å². The second kappa shape index (κ2) is 2.44. The molecular formula is C5H12N2O. The van der Waals surface area contributed by atoms with Crippen LogP contribution in [0.3, 0.4) is 0 Å². The van der Waals surface area contributed by atoms with Crippen molar-refractivity contribution >= 4 is 0 Å². The van der Waals surface area contributed by atoms with Crippen LogP contribution in [0.15, 0.2) is 0 Å². The third-order valence-corrected chi connectivity index (χ3v) is 1.32. The lowest BCUT2D eigenvalue weighted by molar-refractivity contribution is -0.825. The Morgan fingerprint density at radius 3 is 2.62 bits per heavy atom. The quantitative estimate of drug-likeness (QED) is 0.352. The average Bonchev–Trinajstić information content (AvgIpc) is 2.41. The zero-order valence-electron chi connectivity index (χ0n) is 5.18. The van der Waals surface area contributed by atoms with Gasteiger partial charge < -0.3 is 10.3 Å². The van der Waals surface area contributed by atoms with Crippen molar-refractivity contribution in [2.45, 2.75) is 0 Å². The van der Waals surface area contributed by atoms with E-state index in [4.69, 9.17) is 0 Å². The molecule has 1 saturated heterocycles. The molecule has 0 saturated carbocycles. The van der Waals surface area contributed by atoms with Gasteiger partial charge in [-0.2, -0.15) is 0 Å². The molecule has 0 radical (unpaired) electrons. The molecule has 3 heteroatoms. The minimum atomic E-state index is 0.303. The van der Waals surface area contributed by atoms with E-state index in [-0.39, 0.29) is 0 Å². The van der Waals surface area contributed by atoms with E-state index in [1.165, 1.54) is 13.1 Å². The van der Waals surface area contributed by atoms with Crippen molar-refractivity contribution in [2.75, 3.05) is 33.2 Å². The van der Waals surface area contributed by atoms with Gasteiger partial charge in [-0.15, -0.1) is 0 Å². The Balaban J connectivity index is 1.87. The summed E-state index contributed by atoms with van der Waals surface area (Å²) in [5.74, 6) is 0. The fourth-order valence-corrected chi connectivity index (χ4v) is 0.610. The molecular weight excluding hydrogens is 104 g/mol. The van der Waals surface area contributed by atoms with Gasteiger partial charge in [-0.3, -0.25) is 4.90 Å². The summed E-state index contributed by atoms with van der Waals surface area (Å²) < 4.78 is 0. The first-order chi connectivity index (χ1) is 3.79. The molecule has 3 nitrogen and oxygen atoms in total. The Morgan fingerprint density at radius 2 is 2.25 bits per heavy atom. The van der Waals surface area contributed by atoms with Crippen molar-refractivity contribution in [3.05, 3.63) is 5.21 Å². The molecule has 0 aromatic rings. The molecule has 0 amide bonds. The molecule has 1 aliphatic rings. The number of nitrogens with one attached hydrogen (secondary N) is 1. The van der Waals surface area contributed by atoms with E-state index in [9.17, 15) is 5.21 Å². The monoisotopic (exact) mass is 116 g/mol. The van der Waals surface area contributed by atoms with Gasteiger partial charge in [0.1, 0.15) is 0 Å². The lowest BCUT2D eigenvalue weighted by atomic mass is 10.6. The van der Waals surface area contributed by atoms with Crippen LogP contribution < -0.4 is 5.06 Å². The lowest BCUT2D eigenvalue weighted by Gasteiger charge is -2.15. The highest BCUT2D eigenvalue weighted by Crippen LogP contribution is 1.98. The van der Waals surface area contributed by atoms with Crippen molar-refractivity contribution in [2.24, 2.45) is 0 Å². The number of nitrogens with zero attached hydrogens (tertiary/aromatic N) is 1. The number of quaternary nitrogens is 1. The maximum atomic E-state index is 10.3. The Kier molecular flexibility index (Phi) is 1.83. The molecule has 1 unspecified atom stereocenters. The zero-order chi connectivity index (χ0) is 5.98. The predicted octanol–water partition coefficient (Wildman–Crippen LogP) is -1.69. The molecule has 1 rings (SSSR count). The second-order valence-corrected chi connectivity index (χ2v) is 2.29. The first-order valence-corrected chi connectivity index (χ1v) is 3.01. The maximum Gasteiger partial charge on any atom is 0.0895 e. The molecule has 1 heterocycles. The van der Waals surface area contributed by atoms with E-state index in [1.54, 1.807) is 7.05 Å². The molecule has 1 fully saturated rings. The second-order valence-electron chi connectivity index (χ2n) is 2.29. The zero-order valence-corrected chi connectivity index (χ0v) is 5.18. The molecule has 1 atom stereocenters. The fourth-order valence-electron chi connectivity index (χ4n) is 0.610. The molecule has 0 aliphatic carbocycles. The van der Waals surface area contributed by atoms with Crippen molar-refractivity contribution in [3.63, 3.8) is 0 Å². The Bertz CT molecular complexity index is 68.8. The molecule has 1 N–H and O–H groups in total. The third kappa shape index (κ3) is 2.26. The summed E-state index contributed by atoms with van der Waals surface area (Å²) in [6.07, 6.45) is 0. The van der Waals surface area contributed by atoms with E-state index in [1.807, 2.05) is 0 Å². The molecule has 0 aromatic heterocycles. The summed E-state index contributed by atoms with van der Waals surface area (Å²) in [6.45, 7) is 4.12. The molecule has 0 spiro atoms. The maximum absolute atomic E-state index is 10.3. The predicted molar refractivity (Wildman–Crippen MR) is 31.6 cm³/mol. The molecule has 0 aromatic carbocycles. The van der Waals surface area contributed by atoms with E-state index in [2.05, 4.69) is 4.90 Å². The van der Waals surface area contributed by atoms with Crippen LogP contribution in [0.25, 0.3) is 0 Å². The van der Waals surface area contributed by atoms with Crippen LogP contribution in [-0.4, -0.2) is 38.1 Å². The number of hydrogen-bond acceptors (Lipinski definition) is 2. The first-order valence-electron chi connectivity index (χ1n) is 3.01. The highest BCUT2D eigenvalue weighted by molar-refractivity contribution is 4.70. The van der Waals surface area contributed by atoms with Crippen molar-refractivity contribution < 1.29 is 5.06 Å². The standard InChI is InChI=1S/C5H12N2O/c1-6(8)2-3-7-4-5-7/h6H,2-5H2,1H3. The van der Waals surface area contributed by atoms with Crippen LogP contribution in [0.4, 0.5) is 0 Å². The summed E-state index contributed by atoms with van der Waals surface area (Å²) in [4.78, 5) is 2.25. The van der Waals surface area contributed by atoms with Gasteiger partial charge in [-0.25, -0.2) is 0 Å². The van der Waals surface area contributed by atoms with Crippen LogP contribution >= 0.6 is 0 Å². The van der Waals surface area contributed by atoms with Gasteiger partial charge >= 0.3 is 0 Å². The summed E-state index contributed by atoms with van der Waals surface area (Å²) in [5.41, 5.74) is 0. The van der Waals surface area contributed by atoms with Crippen LogP contribution in [0, 0.1) is 5.21 Å². The van der Waals surface area contributed by atoms with Gasteiger partial charge in [0.15, 0.2) is 0 Å². The van der Waals surface area contributed by atoms with Gasteiger partial charge in [-0.05, 0) is 0 Å². The summed E-state index contributed by atoms with van der Waals surface area (Å²) in [7, 11) is 1.64. The third-order valence-electron chi connectivity index (χ3n) is 1.32. The number of rotatable bonds is 3. The Hall–Kier alpha value is -0.120. The normalized spacial score (nSPS) is 23.2. The number of hydroxylamine groups is 2. The average molecular weight is 116 g/mol. The molecule has 1 aliphatic heterocycles. The van der Waals surface area contributed by atoms with Gasteiger partial charge in [0, 0.05) is 19.6 Å². The topological polar surface area (TPSA) is 30.5 Å². The molecule has 0 bridgehead atoms. The Labute approximate surface area is 49.5 Å². The number of likely N-dealkylation sites (N-methyl/N-ethyl adjacent to an activating group) is 1. The van der Waals surface area contributed by atoms with Crippen LogP contribution in [0.1, 0.15) is 0 Å². The minimum Gasteiger partial charge on any atom is -0.634 e. The fraction of sp³-hybridized carbons (Fsp3) is 1.00. The summed E-state index contributed by atoms with van der Waals surface area (Å²) >= 11 is 0. The Morgan fingerprint density at radius 1 is 1.62 bits per heavy atom. The van der Waals surface area contributed by atoms with Crippen LogP contribution in [-0.2, 0) is 0 Å². The lowest BCUT2D eigenvalue weighted by Crippen LogP contribution is -3.04. The largest absolute Gasteiger partial charge is 0.634 e. The first kappa shape index (κ1) is 6.01. The molecule has 8 heavy (non-hydrogen) atoms. The molecule has 48 valence electrons. The highest BCUT2D eigenvalue weighted by atomic mass is 16.5. The number of hydrogen-bond donors (Lipinski definition) is 1. The van der Waals surface area contributed by atoms with Gasteiger partial charge in [0.05, 0.1) is 13.6 Å². The van der Waals surface area contributed by atoms with E-state index in [0.29, 0.717) is 5.06 Å². The smallest absolute Gasteiger partial charge is 0.0895 e. The summed E-state index contributed by atoms with van der Waals surface area (Å²) in [5, 5.41) is 10.7. The minimum absolute atomic E-state index is 0.303. The van der Waals surface area contributed by atoms with Crippen molar-refractivity contribution in [3.8, 4) is 0 Å². The SMILES string of the molecule is C[NH+]([O-])CCN1CC1.